The van der Waals surface area contributed by atoms with Crippen LogP contribution in [0.3, 0.4) is 0 Å². The van der Waals surface area contributed by atoms with Gasteiger partial charge < -0.3 is 4.57 Å². The molecular formula is C22H24N2. The third-order valence-electron chi connectivity index (χ3n) is 4.22. The molecule has 24 heavy (non-hydrogen) atoms. The zero-order valence-corrected chi connectivity index (χ0v) is 14.4. The van der Waals surface area contributed by atoms with Gasteiger partial charge in [0.1, 0.15) is 0 Å². The second-order valence-corrected chi connectivity index (χ2v) is 6.10. The van der Waals surface area contributed by atoms with Gasteiger partial charge in [-0.25, -0.2) is 0 Å². The summed E-state index contributed by atoms with van der Waals surface area (Å²) in [6.45, 7) is 4.34. The number of aryl methyl sites for hydroxylation is 2. The Labute approximate surface area is 144 Å². The Morgan fingerprint density at radius 1 is 0.917 bits per heavy atom. The van der Waals surface area contributed by atoms with Crippen molar-refractivity contribution in [3.05, 3.63) is 83.7 Å². The number of unbranched alkanes of at least 4 members (excludes halogenated alkanes) is 1. The van der Waals surface area contributed by atoms with E-state index < -0.39 is 0 Å². The van der Waals surface area contributed by atoms with Gasteiger partial charge in [0, 0.05) is 11.4 Å². The monoisotopic (exact) mass is 316 g/mol. The number of benzene rings is 2. The fraction of sp³-hybridized carbons (Fsp3) is 0.227. The van der Waals surface area contributed by atoms with Gasteiger partial charge in [0.25, 0.3) is 0 Å². The molecular weight excluding hydrogens is 292 g/mol. The summed E-state index contributed by atoms with van der Waals surface area (Å²) in [5.41, 5.74) is 5.84. The molecule has 1 heterocycles. The van der Waals surface area contributed by atoms with Crippen molar-refractivity contribution in [2.45, 2.75) is 33.1 Å². The van der Waals surface area contributed by atoms with Crippen LogP contribution in [0.2, 0.25) is 0 Å². The van der Waals surface area contributed by atoms with E-state index in [1.54, 1.807) is 0 Å². The molecule has 0 spiro atoms. The molecule has 0 unspecified atom stereocenters. The van der Waals surface area contributed by atoms with Crippen molar-refractivity contribution >= 4 is 11.9 Å². The van der Waals surface area contributed by atoms with Crippen molar-refractivity contribution in [3.8, 4) is 5.69 Å². The predicted molar refractivity (Wildman–Crippen MR) is 103 cm³/mol. The maximum atomic E-state index is 4.65. The molecule has 0 bridgehead atoms. The Hall–Kier alpha value is -2.61. The smallest absolute Gasteiger partial charge is 0.0641 e. The lowest BCUT2D eigenvalue weighted by Crippen LogP contribution is -2.00. The molecule has 2 aromatic carbocycles. The van der Waals surface area contributed by atoms with Gasteiger partial charge in [-0.1, -0.05) is 43.7 Å². The molecule has 0 aliphatic carbocycles. The third-order valence-corrected chi connectivity index (χ3v) is 4.22. The molecule has 0 aliphatic heterocycles. The standard InChI is InChI=1S/C22H24N2/c1-3-4-8-19-12-14-20(15-13-19)23-17-22-16-11-18(2)24(22)21-9-6-5-7-10-21/h5-7,9-17H,3-4,8H2,1-2H3. The number of hydrogen-bond acceptors (Lipinski definition) is 1. The number of aliphatic imine (C=N–C) groups is 1. The van der Waals surface area contributed by atoms with Gasteiger partial charge in [-0.15, -0.1) is 0 Å². The Morgan fingerprint density at radius 3 is 2.38 bits per heavy atom. The van der Waals surface area contributed by atoms with E-state index in [9.17, 15) is 0 Å². The molecule has 0 amide bonds. The van der Waals surface area contributed by atoms with E-state index in [0.717, 1.165) is 23.5 Å². The summed E-state index contributed by atoms with van der Waals surface area (Å²) < 4.78 is 2.22. The summed E-state index contributed by atoms with van der Waals surface area (Å²) >= 11 is 0. The van der Waals surface area contributed by atoms with Crippen LogP contribution in [0, 0.1) is 6.92 Å². The van der Waals surface area contributed by atoms with Crippen molar-refractivity contribution < 1.29 is 0 Å². The van der Waals surface area contributed by atoms with E-state index in [1.165, 1.54) is 24.1 Å². The van der Waals surface area contributed by atoms with Crippen LogP contribution in [-0.4, -0.2) is 10.8 Å². The zero-order valence-electron chi connectivity index (χ0n) is 14.4. The second-order valence-electron chi connectivity index (χ2n) is 6.10. The minimum Gasteiger partial charge on any atom is -0.313 e. The Morgan fingerprint density at radius 2 is 1.67 bits per heavy atom. The van der Waals surface area contributed by atoms with Gasteiger partial charge in [-0.05, 0) is 61.7 Å². The van der Waals surface area contributed by atoms with Crippen LogP contribution in [0.1, 0.15) is 36.7 Å². The van der Waals surface area contributed by atoms with Crippen molar-refractivity contribution in [2.24, 2.45) is 4.99 Å². The van der Waals surface area contributed by atoms with Crippen molar-refractivity contribution in [1.82, 2.24) is 4.57 Å². The number of para-hydroxylation sites is 1. The van der Waals surface area contributed by atoms with Crippen molar-refractivity contribution in [2.75, 3.05) is 0 Å². The normalized spacial score (nSPS) is 11.2. The minimum absolute atomic E-state index is 0.994. The topological polar surface area (TPSA) is 17.3 Å². The summed E-state index contributed by atoms with van der Waals surface area (Å²) in [5, 5.41) is 0. The van der Waals surface area contributed by atoms with Gasteiger partial charge in [-0.2, -0.15) is 0 Å². The number of rotatable bonds is 6. The molecule has 1 aromatic heterocycles. The first-order valence-corrected chi connectivity index (χ1v) is 8.64. The molecule has 0 saturated heterocycles. The third kappa shape index (κ3) is 3.83. The largest absolute Gasteiger partial charge is 0.313 e. The summed E-state index contributed by atoms with van der Waals surface area (Å²) in [6, 6.07) is 23.2. The van der Waals surface area contributed by atoms with Crippen molar-refractivity contribution in [3.63, 3.8) is 0 Å². The molecule has 3 aromatic rings. The Kier molecular flexibility index (Phi) is 5.27. The molecule has 122 valence electrons. The van der Waals surface area contributed by atoms with E-state index in [0.29, 0.717) is 0 Å². The lowest BCUT2D eigenvalue weighted by Gasteiger charge is -2.09. The maximum Gasteiger partial charge on any atom is 0.0641 e. The highest BCUT2D eigenvalue weighted by Gasteiger charge is 2.04. The van der Waals surface area contributed by atoms with Crippen molar-refractivity contribution in [1.29, 1.82) is 0 Å². The first-order chi connectivity index (χ1) is 11.8. The second kappa shape index (κ2) is 7.78. The zero-order chi connectivity index (χ0) is 16.8. The average molecular weight is 316 g/mol. The van der Waals surface area contributed by atoms with E-state index in [2.05, 4.69) is 84.1 Å². The maximum absolute atomic E-state index is 4.65. The summed E-state index contributed by atoms with van der Waals surface area (Å²) in [4.78, 5) is 4.65. The van der Waals surface area contributed by atoms with Crippen LogP contribution in [0.5, 0.6) is 0 Å². The fourth-order valence-corrected chi connectivity index (χ4v) is 2.86. The fourth-order valence-electron chi connectivity index (χ4n) is 2.86. The lowest BCUT2D eigenvalue weighted by atomic mass is 10.1. The number of nitrogens with zero attached hydrogens (tertiary/aromatic N) is 2. The van der Waals surface area contributed by atoms with Crippen LogP contribution < -0.4 is 0 Å². The number of aromatic nitrogens is 1. The molecule has 0 saturated carbocycles. The molecule has 0 fully saturated rings. The quantitative estimate of drug-likeness (QED) is 0.505. The van der Waals surface area contributed by atoms with Crippen LogP contribution in [-0.2, 0) is 6.42 Å². The minimum atomic E-state index is 0.994. The summed E-state index contributed by atoms with van der Waals surface area (Å²) in [5.74, 6) is 0. The molecule has 2 heteroatoms. The lowest BCUT2D eigenvalue weighted by molar-refractivity contribution is 0.795. The van der Waals surface area contributed by atoms with Crippen LogP contribution >= 0.6 is 0 Å². The number of hydrogen-bond donors (Lipinski definition) is 0. The predicted octanol–water partition coefficient (Wildman–Crippen LogP) is 5.88. The molecule has 0 radical (unpaired) electrons. The Balaban J connectivity index is 1.80. The van der Waals surface area contributed by atoms with Gasteiger partial charge in [0.15, 0.2) is 0 Å². The van der Waals surface area contributed by atoms with Gasteiger partial charge >= 0.3 is 0 Å². The van der Waals surface area contributed by atoms with Crippen LogP contribution in [0.4, 0.5) is 5.69 Å². The highest BCUT2D eigenvalue weighted by Crippen LogP contribution is 2.18. The highest BCUT2D eigenvalue weighted by molar-refractivity contribution is 5.81. The van der Waals surface area contributed by atoms with Crippen LogP contribution in [0.15, 0.2) is 71.7 Å². The molecule has 0 N–H and O–H groups in total. The summed E-state index contributed by atoms with van der Waals surface area (Å²) in [6.07, 6.45) is 5.57. The van der Waals surface area contributed by atoms with E-state index in [1.807, 2.05) is 12.3 Å². The van der Waals surface area contributed by atoms with Gasteiger partial charge in [0.05, 0.1) is 17.6 Å². The highest BCUT2D eigenvalue weighted by atomic mass is 15.0. The molecule has 2 nitrogen and oxygen atoms in total. The van der Waals surface area contributed by atoms with E-state index in [-0.39, 0.29) is 0 Å². The summed E-state index contributed by atoms with van der Waals surface area (Å²) in [7, 11) is 0. The van der Waals surface area contributed by atoms with Gasteiger partial charge in [0.2, 0.25) is 0 Å². The molecule has 0 aliphatic rings. The van der Waals surface area contributed by atoms with E-state index in [4.69, 9.17) is 0 Å². The van der Waals surface area contributed by atoms with Crippen LogP contribution in [0.25, 0.3) is 5.69 Å². The molecule has 3 rings (SSSR count). The molecule has 0 atom stereocenters. The first-order valence-electron chi connectivity index (χ1n) is 8.64. The Bertz CT molecular complexity index is 796. The first kappa shape index (κ1) is 16.3. The average Bonchev–Trinajstić information content (AvgIpc) is 3.00. The SMILES string of the molecule is CCCCc1ccc(N=Cc2ccc(C)n2-c2ccccc2)cc1. The van der Waals surface area contributed by atoms with Gasteiger partial charge in [-0.3, -0.25) is 4.99 Å². The van der Waals surface area contributed by atoms with E-state index >= 15 is 0 Å².